The molecule has 1 N–H and O–H groups in total. The molecule has 0 aliphatic carbocycles. The second kappa shape index (κ2) is 8.49. The Morgan fingerprint density at radius 3 is 2.76 bits per heavy atom. The Balaban J connectivity index is 2.04. The van der Waals surface area contributed by atoms with Gasteiger partial charge in [-0.25, -0.2) is 4.98 Å². The predicted octanol–water partition coefficient (Wildman–Crippen LogP) is 4.08. The number of aromatic nitrogens is 2. The Kier molecular flexibility index (Phi) is 6.03. The maximum atomic E-state index is 12.9. The molecule has 0 radical (unpaired) electrons. The van der Waals surface area contributed by atoms with Crippen molar-refractivity contribution in [2.24, 2.45) is 0 Å². The van der Waals surface area contributed by atoms with E-state index in [-0.39, 0.29) is 17.1 Å². The lowest BCUT2D eigenvalue weighted by molar-refractivity contribution is -0.137. The van der Waals surface area contributed by atoms with Crippen LogP contribution in [0.2, 0.25) is 0 Å². The number of aliphatic carboxylic acids is 1. The van der Waals surface area contributed by atoms with Gasteiger partial charge >= 0.3 is 12.1 Å². The van der Waals surface area contributed by atoms with Gasteiger partial charge in [0, 0.05) is 17.5 Å². The normalized spacial score (nSPS) is 11.2. The molecule has 0 fully saturated rings. The van der Waals surface area contributed by atoms with Gasteiger partial charge in [0.1, 0.15) is 5.69 Å². The molecule has 3 aromatic rings. The second-order valence-electron chi connectivity index (χ2n) is 5.89. The highest BCUT2D eigenvalue weighted by molar-refractivity contribution is 7.99. The summed E-state index contributed by atoms with van der Waals surface area (Å²) < 4.78 is 45.7. The predicted molar refractivity (Wildman–Crippen MR) is 103 cm³/mol. The van der Waals surface area contributed by atoms with E-state index in [1.54, 1.807) is 22.7 Å². The van der Waals surface area contributed by atoms with Crippen LogP contribution in [0.3, 0.4) is 0 Å². The molecule has 0 aliphatic rings. The van der Waals surface area contributed by atoms with Crippen molar-refractivity contribution in [1.29, 1.82) is 0 Å². The van der Waals surface area contributed by atoms with E-state index < -0.39 is 17.7 Å². The van der Waals surface area contributed by atoms with Crippen LogP contribution in [0, 0.1) is 11.8 Å². The molecular formula is C20H15F3N2O3S. The molecule has 0 spiro atoms. The minimum absolute atomic E-state index is 0.106. The molecule has 150 valence electrons. The van der Waals surface area contributed by atoms with Gasteiger partial charge in [-0.1, -0.05) is 12.0 Å². The van der Waals surface area contributed by atoms with Crippen LogP contribution in [0.15, 0.2) is 42.6 Å². The zero-order valence-electron chi connectivity index (χ0n) is 15.2. The Bertz CT molecular complexity index is 1110. The third-order valence-electron chi connectivity index (χ3n) is 3.89. The van der Waals surface area contributed by atoms with Crippen molar-refractivity contribution in [2.45, 2.75) is 11.9 Å². The lowest BCUT2D eigenvalue weighted by Gasteiger charge is -2.05. The van der Waals surface area contributed by atoms with E-state index in [4.69, 9.17) is 9.84 Å². The summed E-state index contributed by atoms with van der Waals surface area (Å²) in [6, 6.07) is 8.21. The summed E-state index contributed by atoms with van der Waals surface area (Å²) in [5, 5.41) is 8.84. The third-order valence-corrected chi connectivity index (χ3v) is 4.81. The van der Waals surface area contributed by atoms with E-state index in [1.165, 1.54) is 19.2 Å². The molecule has 2 heterocycles. The molecule has 0 saturated carbocycles. The fourth-order valence-corrected chi connectivity index (χ4v) is 3.29. The molecule has 0 atom stereocenters. The van der Waals surface area contributed by atoms with E-state index >= 15 is 0 Å². The van der Waals surface area contributed by atoms with E-state index in [1.807, 2.05) is 0 Å². The summed E-state index contributed by atoms with van der Waals surface area (Å²) in [5.41, 5.74) is 0.923. The van der Waals surface area contributed by atoms with Crippen LogP contribution in [0.5, 0.6) is 5.75 Å². The van der Waals surface area contributed by atoms with Gasteiger partial charge in [0.2, 0.25) is 0 Å². The number of halogens is 3. The van der Waals surface area contributed by atoms with Gasteiger partial charge < -0.3 is 9.84 Å². The minimum Gasteiger partial charge on any atom is -0.493 e. The first kappa shape index (κ1) is 20.6. The number of fused-ring (bicyclic) bond motifs is 1. The van der Waals surface area contributed by atoms with Crippen LogP contribution < -0.4 is 4.74 Å². The average Bonchev–Trinajstić information content (AvgIpc) is 3.03. The highest BCUT2D eigenvalue weighted by Crippen LogP contribution is 2.29. The fourth-order valence-electron chi connectivity index (χ4n) is 2.62. The molecule has 0 bridgehead atoms. The number of imidazole rings is 1. The first-order valence-corrected chi connectivity index (χ1v) is 9.48. The van der Waals surface area contributed by atoms with Gasteiger partial charge in [-0.15, -0.1) is 11.8 Å². The zero-order valence-corrected chi connectivity index (χ0v) is 16.0. The lowest BCUT2D eigenvalue weighted by Crippen LogP contribution is -2.04. The van der Waals surface area contributed by atoms with Crippen molar-refractivity contribution in [3.05, 3.63) is 65.1 Å². The van der Waals surface area contributed by atoms with Crippen molar-refractivity contribution in [3.8, 4) is 17.6 Å². The van der Waals surface area contributed by atoms with E-state index in [0.717, 1.165) is 23.9 Å². The fraction of sp³-hybridized carbons (Fsp3) is 0.200. The highest BCUT2D eigenvalue weighted by Gasteiger charge is 2.30. The first-order chi connectivity index (χ1) is 13.8. The van der Waals surface area contributed by atoms with Gasteiger partial charge in [-0.05, 0) is 36.3 Å². The summed E-state index contributed by atoms with van der Waals surface area (Å²) in [7, 11) is 1.50. The Labute approximate surface area is 168 Å². The number of hydrogen-bond donors (Lipinski definition) is 1. The molecule has 0 saturated heterocycles. The minimum atomic E-state index is -4.45. The number of methoxy groups -OCH3 is 1. The molecule has 29 heavy (non-hydrogen) atoms. The number of benzene rings is 1. The number of nitrogens with zero attached hydrogens (tertiary/aromatic N) is 2. The smallest absolute Gasteiger partial charge is 0.416 e. The summed E-state index contributed by atoms with van der Waals surface area (Å²) in [6.45, 7) is 0. The van der Waals surface area contributed by atoms with Crippen LogP contribution >= 0.6 is 11.8 Å². The molecule has 3 rings (SSSR count). The number of thioether (sulfide) groups is 1. The first-order valence-electron chi connectivity index (χ1n) is 8.32. The number of carbonyl (C=O) groups is 1. The molecule has 0 aliphatic heterocycles. The van der Waals surface area contributed by atoms with Crippen LogP contribution in [0.25, 0.3) is 5.65 Å². The van der Waals surface area contributed by atoms with Crippen molar-refractivity contribution >= 4 is 23.4 Å². The maximum absolute atomic E-state index is 12.9. The number of carboxylic acid groups (broad SMARTS) is 1. The van der Waals surface area contributed by atoms with Crippen LogP contribution in [0.1, 0.15) is 22.5 Å². The van der Waals surface area contributed by atoms with Gasteiger partial charge in [-0.2, -0.15) is 13.2 Å². The largest absolute Gasteiger partial charge is 0.493 e. The van der Waals surface area contributed by atoms with Gasteiger partial charge in [0.25, 0.3) is 0 Å². The average molecular weight is 420 g/mol. The summed E-state index contributed by atoms with van der Waals surface area (Å²) in [5.74, 6) is 5.37. The van der Waals surface area contributed by atoms with Crippen LogP contribution in [-0.2, 0) is 16.7 Å². The van der Waals surface area contributed by atoms with Crippen LogP contribution in [0.4, 0.5) is 13.2 Å². The molecule has 2 aromatic heterocycles. The number of rotatable bonds is 5. The molecule has 9 heteroatoms. The number of ether oxygens (including phenoxy) is 1. The number of hydrogen-bond acceptors (Lipinski definition) is 4. The van der Waals surface area contributed by atoms with Crippen molar-refractivity contribution < 1.29 is 27.8 Å². The SMILES string of the molecule is COc1cccn2c(C#Cc3cccc(C(F)(F)F)c3)c(CSCC(=O)O)nc12. The lowest BCUT2D eigenvalue weighted by atomic mass is 10.1. The van der Waals surface area contributed by atoms with Crippen molar-refractivity contribution in [2.75, 3.05) is 12.9 Å². The van der Waals surface area contributed by atoms with Gasteiger partial charge in [0.15, 0.2) is 11.4 Å². The maximum Gasteiger partial charge on any atom is 0.416 e. The molecule has 5 nitrogen and oxygen atoms in total. The standard InChI is InChI=1S/C20H15F3N2O3S/c1-28-17-6-3-9-25-16(15(24-19(17)25)11-29-12-18(26)27)8-7-13-4-2-5-14(10-13)20(21,22)23/h2-6,9-10H,11-12H2,1H3,(H,26,27). The van der Waals surface area contributed by atoms with E-state index in [9.17, 15) is 18.0 Å². The summed E-state index contributed by atoms with van der Waals surface area (Å²) in [4.78, 5) is 15.3. The molecule has 0 unspecified atom stereocenters. The Morgan fingerprint density at radius 2 is 2.07 bits per heavy atom. The van der Waals surface area contributed by atoms with Crippen molar-refractivity contribution in [3.63, 3.8) is 0 Å². The van der Waals surface area contributed by atoms with Crippen molar-refractivity contribution in [1.82, 2.24) is 9.38 Å². The van der Waals surface area contributed by atoms with E-state index in [2.05, 4.69) is 16.8 Å². The number of pyridine rings is 1. The second-order valence-corrected chi connectivity index (χ2v) is 6.88. The monoisotopic (exact) mass is 420 g/mol. The Morgan fingerprint density at radius 1 is 1.28 bits per heavy atom. The summed E-state index contributed by atoms with van der Waals surface area (Å²) >= 11 is 1.15. The summed E-state index contributed by atoms with van der Waals surface area (Å²) in [6.07, 6.45) is -2.74. The quantitative estimate of drug-likeness (QED) is 0.631. The van der Waals surface area contributed by atoms with Gasteiger partial charge in [0.05, 0.1) is 24.1 Å². The molecule has 0 amide bonds. The topological polar surface area (TPSA) is 63.8 Å². The molecular weight excluding hydrogens is 405 g/mol. The number of alkyl halides is 3. The molecule has 1 aromatic carbocycles. The zero-order chi connectivity index (χ0) is 21.0. The van der Waals surface area contributed by atoms with Gasteiger partial charge in [-0.3, -0.25) is 9.20 Å². The van der Waals surface area contributed by atoms with Crippen LogP contribution in [-0.4, -0.2) is 33.3 Å². The van der Waals surface area contributed by atoms with E-state index in [0.29, 0.717) is 22.8 Å². The third kappa shape index (κ3) is 4.84. The Hall–Kier alpha value is -3.12. The number of carboxylic acids is 1. The highest BCUT2D eigenvalue weighted by atomic mass is 32.2.